The van der Waals surface area contributed by atoms with Gasteiger partial charge in [0.25, 0.3) is 6.43 Å². The molecule has 0 unspecified atom stereocenters. The van der Waals surface area contributed by atoms with Crippen molar-refractivity contribution >= 4 is 11.6 Å². The Bertz CT molecular complexity index is 729. The highest BCUT2D eigenvalue weighted by Gasteiger charge is 2.21. The molecule has 1 aliphatic heterocycles. The lowest BCUT2D eigenvalue weighted by molar-refractivity contribution is 0.145. The molecule has 2 aromatic heterocycles. The molecule has 0 spiro atoms. The highest BCUT2D eigenvalue weighted by molar-refractivity contribution is 5.45. The highest BCUT2D eigenvalue weighted by Crippen LogP contribution is 2.23. The Hall–Kier alpha value is -2.38. The summed E-state index contributed by atoms with van der Waals surface area (Å²) in [5.74, 6) is 2.94. The number of aryl methyl sites for hydroxylation is 1. The van der Waals surface area contributed by atoms with Gasteiger partial charge < -0.3 is 9.80 Å². The van der Waals surface area contributed by atoms with E-state index in [-0.39, 0.29) is 11.6 Å². The number of hydrogen-bond donors (Lipinski definition) is 0. The zero-order valence-electron chi connectivity index (χ0n) is 14.7. The van der Waals surface area contributed by atoms with E-state index in [9.17, 15) is 8.78 Å². The molecular formula is C17H22F2N6. The molecule has 1 saturated heterocycles. The molecule has 0 N–H and O–H groups in total. The average molecular weight is 348 g/mol. The summed E-state index contributed by atoms with van der Waals surface area (Å²) in [4.78, 5) is 21.2. The van der Waals surface area contributed by atoms with Gasteiger partial charge in [-0.25, -0.2) is 28.7 Å². The molecule has 0 radical (unpaired) electrons. The first-order valence-electron chi connectivity index (χ1n) is 8.40. The van der Waals surface area contributed by atoms with Gasteiger partial charge in [0.1, 0.15) is 29.0 Å². The minimum atomic E-state index is -2.59. The van der Waals surface area contributed by atoms with Gasteiger partial charge in [-0.15, -0.1) is 0 Å². The Morgan fingerprint density at radius 3 is 2.20 bits per heavy atom. The van der Waals surface area contributed by atoms with Gasteiger partial charge in [0.2, 0.25) is 0 Å². The van der Waals surface area contributed by atoms with E-state index in [1.807, 2.05) is 11.0 Å². The summed E-state index contributed by atoms with van der Waals surface area (Å²) < 4.78 is 25.9. The summed E-state index contributed by atoms with van der Waals surface area (Å²) in [6, 6.07) is 3.29. The molecule has 0 amide bonds. The molecule has 25 heavy (non-hydrogen) atoms. The lowest BCUT2D eigenvalue weighted by Gasteiger charge is -2.36. The molecule has 8 heteroatoms. The van der Waals surface area contributed by atoms with Crippen LogP contribution < -0.4 is 9.80 Å². The minimum absolute atomic E-state index is 0.220. The van der Waals surface area contributed by atoms with E-state index in [1.54, 1.807) is 13.1 Å². The Balaban J connectivity index is 1.71. The first-order chi connectivity index (χ1) is 11.9. The number of alkyl halides is 2. The second kappa shape index (κ2) is 7.25. The number of hydrogen-bond acceptors (Lipinski definition) is 6. The lowest BCUT2D eigenvalue weighted by Crippen LogP contribution is -2.47. The van der Waals surface area contributed by atoms with Crippen molar-refractivity contribution in [3.8, 4) is 0 Å². The first-order valence-corrected chi connectivity index (χ1v) is 8.40. The van der Waals surface area contributed by atoms with Crippen LogP contribution in [0.5, 0.6) is 0 Å². The van der Waals surface area contributed by atoms with Gasteiger partial charge >= 0.3 is 0 Å². The van der Waals surface area contributed by atoms with E-state index in [0.29, 0.717) is 24.7 Å². The second-order valence-corrected chi connectivity index (χ2v) is 6.40. The summed E-state index contributed by atoms with van der Waals surface area (Å²) in [7, 11) is 0. The SMILES string of the molecule is Cc1nc(C(F)F)cc(N2CCN(c3ccnc(C(C)C)n3)CC2)n1. The molecule has 6 nitrogen and oxygen atoms in total. The predicted octanol–water partition coefficient (Wildman–Crippen LogP) is 2.96. The van der Waals surface area contributed by atoms with Crippen molar-refractivity contribution in [2.75, 3.05) is 36.0 Å². The van der Waals surface area contributed by atoms with Crippen molar-refractivity contribution in [2.24, 2.45) is 0 Å². The number of nitrogens with zero attached hydrogens (tertiary/aromatic N) is 6. The third kappa shape index (κ3) is 4.00. The zero-order valence-corrected chi connectivity index (χ0v) is 14.7. The van der Waals surface area contributed by atoms with Gasteiger partial charge in [0.15, 0.2) is 0 Å². The molecule has 0 aromatic carbocycles. The van der Waals surface area contributed by atoms with E-state index >= 15 is 0 Å². The van der Waals surface area contributed by atoms with Crippen LogP contribution in [0.3, 0.4) is 0 Å². The van der Waals surface area contributed by atoms with E-state index < -0.39 is 6.43 Å². The number of aromatic nitrogens is 4. The van der Waals surface area contributed by atoms with Gasteiger partial charge in [-0.3, -0.25) is 0 Å². The molecule has 1 aliphatic rings. The van der Waals surface area contributed by atoms with Crippen molar-refractivity contribution in [3.63, 3.8) is 0 Å². The van der Waals surface area contributed by atoms with Crippen LogP contribution in [0.2, 0.25) is 0 Å². The lowest BCUT2D eigenvalue weighted by atomic mass is 10.2. The Morgan fingerprint density at radius 2 is 1.60 bits per heavy atom. The molecule has 0 saturated carbocycles. The van der Waals surface area contributed by atoms with E-state index in [2.05, 4.69) is 38.7 Å². The van der Waals surface area contributed by atoms with Gasteiger partial charge in [0, 0.05) is 44.4 Å². The van der Waals surface area contributed by atoms with Crippen LogP contribution in [-0.2, 0) is 0 Å². The summed E-state index contributed by atoms with van der Waals surface area (Å²) in [5.41, 5.74) is -0.220. The molecule has 1 fully saturated rings. The normalized spacial score (nSPS) is 15.3. The second-order valence-electron chi connectivity index (χ2n) is 6.40. The maximum absolute atomic E-state index is 12.9. The maximum Gasteiger partial charge on any atom is 0.280 e. The molecule has 134 valence electrons. The Kier molecular flexibility index (Phi) is 5.06. The fourth-order valence-corrected chi connectivity index (χ4v) is 2.83. The fourth-order valence-electron chi connectivity index (χ4n) is 2.83. The number of rotatable bonds is 4. The molecule has 3 heterocycles. The largest absolute Gasteiger partial charge is 0.353 e. The van der Waals surface area contributed by atoms with Crippen molar-refractivity contribution < 1.29 is 8.78 Å². The van der Waals surface area contributed by atoms with Gasteiger partial charge in [-0.05, 0) is 13.0 Å². The van der Waals surface area contributed by atoms with Crippen LogP contribution in [0, 0.1) is 6.92 Å². The summed E-state index contributed by atoms with van der Waals surface area (Å²) in [6.45, 7) is 8.66. The predicted molar refractivity (Wildman–Crippen MR) is 92.3 cm³/mol. The fraction of sp³-hybridized carbons (Fsp3) is 0.529. The number of anilines is 2. The van der Waals surface area contributed by atoms with Crippen LogP contribution in [0.15, 0.2) is 18.3 Å². The smallest absolute Gasteiger partial charge is 0.280 e. The van der Waals surface area contributed by atoms with Gasteiger partial charge in [-0.1, -0.05) is 13.8 Å². The monoisotopic (exact) mass is 348 g/mol. The Morgan fingerprint density at radius 1 is 0.960 bits per heavy atom. The molecule has 3 rings (SSSR count). The zero-order chi connectivity index (χ0) is 18.0. The summed E-state index contributed by atoms with van der Waals surface area (Å²) in [6.07, 6.45) is -0.801. The molecule has 2 aromatic rings. The number of halogens is 2. The van der Waals surface area contributed by atoms with Crippen molar-refractivity contribution in [2.45, 2.75) is 33.1 Å². The number of piperazine rings is 1. The van der Waals surface area contributed by atoms with Crippen LogP contribution in [-0.4, -0.2) is 46.1 Å². The van der Waals surface area contributed by atoms with Gasteiger partial charge in [0.05, 0.1) is 0 Å². The third-order valence-electron chi connectivity index (χ3n) is 4.17. The molecule has 0 atom stereocenters. The average Bonchev–Trinajstić information content (AvgIpc) is 2.61. The minimum Gasteiger partial charge on any atom is -0.353 e. The van der Waals surface area contributed by atoms with E-state index in [0.717, 1.165) is 24.7 Å². The quantitative estimate of drug-likeness (QED) is 0.847. The van der Waals surface area contributed by atoms with Crippen LogP contribution in [0.1, 0.15) is 43.5 Å². The van der Waals surface area contributed by atoms with Crippen LogP contribution >= 0.6 is 0 Å². The topological polar surface area (TPSA) is 58.0 Å². The van der Waals surface area contributed by atoms with Crippen molar-refractivity contribution in [3.05, 3.63) is 35.7 Å². The standard InChI is InChI=1S/C17H22F2N6/c1-11(2)17-20-5-4-14(23-17)24-6-8-25(9-7-24)15-10-13(16(18)19)21-12(3)22-15/h4-5,10-11,16H,6-9H2,1-3H3. The third-order valence-corrected chi connectivity index (χ3v) is 4.17. The summed E-state index contributed by atoms with van der Waals surface area (Å²) >= 11 is 0. The molecule has 0 aliphatic carbocycles. The maximum atomic E-state index is 12.9. The Labute approximate surface area is 145 Å². The van der Waals surface area contributed by atoms with Crippen molar-refractivity contribution in [1.82, 2.24) is 19.9 Å². The van der Waals surface area contributed by atoms with Crippen LogP contribution in [0.4, 0.5) is 20.4 Å². The van der Waals surface area contributed by atoms with Crippen LogP contribution in [0.25, 0.3) is 0 Å². The molecule has 0 bridgehead atoms. The first kappa shape index (κ1) is 17.4. The molecular weight excluding hydrogens is 326 g/mol. The van der Waals surface area contributed by atoms with Gasteiger partial charge in [-0.2, -0.15) is 0 Å². The van der Waals surface area contributed by atoms with E-state index in [4.69, 9.17) is 0 Å². The summed E-state index contributed by atoms with van der Waals surface area (Å²) in [5, 5.41) is 0. The van der Waals surface area contributed by atoms with Crippen molar-refractivity contribution in [1.29, 1.82) is 0 Å². The highest BCUT2D eigenvalue weighted by atomic mass is 19.3. The van der Waals surface area contributed by atoms with E-state index in [1.165, 1.54) is 6.07 Å².